The summed E-state index contributed by atoms with van der Waals surface area (Å²) in [7, 11) is 0. The quantitative estimate of drug-likeness (QED) is 0.681. The molecule has 0 amide bonds. The molecule has 2 aromatic carbocycles. The summed E-state index contributed by atoms with van der Waals surface area (Å²) in [5.74, 6) is 0. The van der Waals surface area contributed by atoms with E-state index in [1.807, 2.05) is 24.3 Å². The van der Waals surface area contributed by atoms with Gasteiger partial charge in [0.05, 0.1) is 0 Å². The van der Waals surface area contributed by atoms with Gasteiger partial charge in [0.2, 0.25) is 0 Å². The first-order valence-electron chi connectivity index (χ1n) is 3.53. The Morgan fingerprint density at radius 1 is 1.08 bits per heavy atom. The monoisotopic (exact) mass is 283 g/mol. The van der Waals surface area contributed by atoms with Gasteiger partial charge in [-0.05, 0) is 60.8 Å². The summed E-state index contributed by atoms with van der Waals surface area (Å²) in [5, 5.41) is 2.41. The Morgan fingerprint density at radius 2 is 1.92 bits per heavy atom. The Labute approximate surface area is 87.8 Å². The maximum atomic E-state index is 3.52. The number of benzene rings is 2. The zero-order valence-corrected chi connectivity index (χ0v) is 9.31. The van der Waals surface area contributed by atoms with Gasteiger partial charge in [0.25, 0.3) is 0 Å². The molecule has 0 saturated heterocycles. The molecule has 1 radical (unpaired) electrons. The van der Waals surface area contributed by atoms with Crippen molar-refractivity contribution in [3.05, 3.63) is 45.3 Å². The first kappa shape index (κ1) is 8.27. The molecule has 0 fully saturated rings. The van der Waals surface area contributed by atoms with E-state index in [1.165, 1.54) is 10.8 Å². The molecule has 0 nitrogen and oxygen atoms in total. The maximum absolute atomic E-state index is 3.52. The molecule has 2 rings (SSSR count). The van der Waals surface area contributed by atoms with Gasteiger partial charge in [0, 0.05) is 8.95 Å². The lowest BCUT2D eigenvalue weighted by Crippen LogP contribution is -1.75. The van der Waals surface area contributed by atoms with Crippen LogP contribution in [0.1, 0.15) is 0 Å². The van der Waals surface area contributed by atoms with Gasteiger partial charge in [-0.2, -0.15) is 0 Å². The Kier molecular flexibility index (Phi) is 2.20. The van der Waals surface area contributed by atoms with Crippen LogP contribution < -0.4 is 0 Å². The largest absolute Gasteiger partial charge is 0.0537 e. The van der Waals surface area contributed by atoms with Gasteiger partial charge in [-0.25, -0.2) is 0 Å². The van der Waals surface area contributed by atoms with E-state index >= 15 is 0 Å². The molecule has 0 atom stereocenters. The minimum absolute atomic E-state index is 1.08. The van der Waals surface area contributed by atoms with Gasteiger partial charge in [-0.1, -0.05) is 18.2 Å². The summed E-state index contributed by atoms with van der Waals surface area (Å²) in [4.78, 5) is 0. The fourth-order valence-corrected chi connectivity index (χ4v) is 1.98. The predicted molar refractivity (Wildman–Crippen MR) is 58.2 cm³/mol. The number of hydrogen-bond acceptors (Lipinski definition) is 0. The predicted octanol–water partition coefficient (Wildman–Crippen LogP) is 4.16. The molecule has 0 aliphatic carbocycles. The van der Waals surface area contributed by atoms with Crippen molar-refractivity contribution < 1.29 is 0 Å². The fraction of sp³-hybridized carbons (Fsp3) is 0. The van der Waals surface area contributed by atoms with E-state index in [4.69, 9.17) is 0 Å². The minimum atomic E-state index is 1.08. The van der Waals surface area contributed by atoms with E-state index in [-0.39, 0.29) is 0 Å². The summed E-state index contributed by atoms with van der Waals surface area (Å²) < 4.78 is 2.19. The second-order valence-electron chi connectivity index (χ2n) is 2.51. The Balaban J connectivity index is 2.91. The van der Waals surface area contributed by atoms with Gasteiger partial charge < -0.3 is 0 Å². The molecular weight excluding hydrogens is 280 g/mol. The fourth-order valence-electron chi connectivity index (χ4n) is 1.15. The molecule has 2 heteroatoms. The third kappa shape index (κ3) is 1.29. The molecule has 0 bridgehead atoms. The van der Waals surface area contributed by atoms with Gasteiger partial charge >= 0.3 is 0 Å². The van der Waals surface area contributed by atoms with Gasteiger partial charge in [-0.3, -0.25) is 0 Å². The standard InChI is InChI=1S/C10H5Br2/c11-9-6-5-7-3-1-2-4-8(7)10(9)12/h2-6H. The lowest BCUT2D eigenvalue weighted by atomic mass is 10.1. The first-order chi connectivity index (χ1) is 5.79. The summed E-state index contributed by atoms with van der Waals surface area (Å²) in [5.41, 5.74) is 0. The van der Waals surface area contributed by atoms with Crippen LogP contribution in [-0.4, -0.2) is 0 Å². The molecule has 0 heterocycles. The molecule has 12 heavy (non-hydrogen) atoms. The Hall–Kier alpha value is -0.340. The van der Waals surface area contributed by atoms with Crippen molar-refractivity contribution in [2.24, 2.45) is 0 Å². The maximum Gasteiger partial charge on any atom is 0.0395 e. The highest BCUT2D eigenvalue weighted by Crippen LogP contribution is 2.30. The zero-order valence-electron chi connectivity index (χ0n) is 6.14. The van der Waals surface area contributed by atoms with E-state index in [1.54, 1.807) is 0 Å². The number of hydrogen-bond donors (Lipinski definition) is 0. The van der Waals surface area contributed by atoms with Crippen molar-refractivity contribution in [1.29, 1.82) is 0 Å². The van der Waals surface area contributed by atoms with E-state index in [2.05, 4.69) is 44.0 Å². The average molecular weight is 285 g/mol. The van der Waals surface area contributed by atoms with Crippen LogP contribution in [0.4, 0.5) is 0 Å². The normalized spacial score (nSPS) is 10.5. The summed E-state index contributed by atoms with van der Waals surface area (Å²) in [6, 6.07) is 13.1. The number of halogens is 2. The smallest absolute Gasteiger partial charge is 0.0395 e. The van der Waals surface area contributed by atoms with Crippen molar-refractivity contribution in [3.63, 3.8) is 0 Å². The molecular formula is C10H5Br2. The SMILES string of the molecule is Brc1ccc2c[c]ccc2c1Br. The van der Waals surface area contributed by atoms with Crippen LogP contribution in [0.5, 0.6) is 0 Å². The lowest BCUT2D eigenvalue weighted by molar-refractivity contribution is 1.65. The van der Waals surface area contributed by atoms with Crippen LogP contribution in [0, 0.1) is 6.07 Å². The highest BCUT2D eigenvalue weighted by atomic mass is 79.9. The zero-order chi connectivity index (χ0) is 8.55. The Morgan fingerprint density at radius 3 is 2.75 bits per heavy atom. The van der Waals surface area contributed by atoms with Crippen molar-refractivity contribution in [1.82, 2.24) is 0 Å². The van der Waals surface area contributed by atoms with Crippen molar-refractivity contribution in [2.75, 3.05) is 0 Å². The molecule has 0 aliphatic rings. The van der Waals surface area contributed by atoms with Gasteiger partial charge in [0.15, 0.2) is 0 Å². The van der Waals surface area contributed by atoms with E-state index in [0.717, 1.165) is 8.95 Å². The van der Waals surface area contributed by atoms with Crippen molar-refractivity contribution in [2.45, 2.75) is 0 Å². The average Bonchev–Trinajstić information content (AvgIpc) is 2.12. The van der Waals surface area contributed by atoms with Crippen LogP contribution in [-0.2, 0) is 0 Å². The summed E-state index contributed by atoms with van der Waals surface area (Å²) in [6.07, 6.45) is 0. The van der Waals surface area contributed by atoms with Crippen LogP contribution in [0.2, 0.25) is 0 Å². The highest BCUT2D eigenvalue weighted by Gasteiger charge is 2.00. The lowest BCUT2D eigenvalue weighted by Gasteiger charge is -2.01. The van der Waals surface area contributed by atoms with Crippen LogP contribution in [0.25, 0.3) is 10.8 Å². The molecule has 0 spiro atoms. The highest BCUT2D eigenvalue weighted by molar-refractivity contribution is 9.13. The number of rotatable bonds is 0. The molecule has 0 N–H and O–H groups in total. The van der Waals surface area contributed by atoms with E-state index in [9.17, 15) is 0 Å². The van der Waals surface area contributed by atoms with Crippen LogP contribution in [0.15, 0.2) is 39.3 Å². The van der Waals surface area contributed by atoms with Crippen molar-refractivity contribution in [3.8, 4) is 0 Å². The molecule has 0 aliphatic heterocycles. The first-order valence-corrected chi connectivity index (χ1v) is 5.11. The summed E-state index contributed by atoms with van der Waals surface area (Å²) in [6.45, 7) is 0. The number of fused-ring (bicyclic) bond motifs is 1. The third-order valence-electron chi connectivity index (χ3n) is 1.75. The second-order valence-corrected chi connectivity index (χ2v) is 4.16. The molecule has 59 valence electrons. The molecule has 0 unspecified atom stereocenters. The van der Waals surface area contributed by atoms with Crippen LogP contribution in [0.3, 0.4) is 0 Å². The topological polar surface area (TPSA) is 0 Å². The van der Waals surface area contributed by atoms with Crippen molar-refractivity contribution >= 4 is 42.6 Å². The molecule has 0 saturated carbocycles. The second kappa shape index (κ2) is 3.19. The summed E-state index contributed by atoms with van der Waals surface area (Å²) >= 11 is 6.98. The molecule has 2 aromatic rings. The Bertz CT molecular complexity index is 421. The molecule has 0 aromatic heterocycles. The van der Waals surface area contributed by atoms with Gasteiger partial charge in [0.1, 0.15) is 0 Å². The third-order valence-corrected chi connectivity index (χ3v) is 3.80. The minimum Gasteiger partial charge on any atom is -0.0537 e. The van der Waals surface area contributed by atoms with E-state index in [0.29, 0.717) is 0 Å². The van der Waals surface area contributed by atoms with E-state index < -0.39 is 0 Å². The van der Waals surface area contributed by atoms with Gasteiger partial charge in [-0.15, -0.1) is 0 Å². The van der Waals surface area contributed by atoms with Crippen LogP contribution >= 0.6 is 31.9 Å².